The van der Waals surface area contributed by atoms with Gasteiger partial charge in [-0.1, -0.05) is 11.6 Å². The molecule has 1 saturated heterocycles. The highest BCUT2D eigenvalue weighted by Crippen LogP contribution is 2.21. The van der Waals surface area contributed by atoms with Gasteiger partial charge in [0.25, 0.3) is 0 Å². The minimum Gasteiger partial charge on any atom is -0.479 e. The molecule has 0 saturated carbocycles. The Kier molecular flexibility index (Phi) is 3.81. The maximum absolute atomic E-state index is 10.8. The lowest BCUT2D eigenvalue weighted by molar-refractivity contribution is -0.156. The Balaban J connectivity index is 1.92. The number of aliphatic carboxylic acids is 1. The van der Waals surface area contributed by atoms with Crippen molar-refractivity contribution in [3.8, 4) is 0 Å². The number of morpholine rings is 1. The SMILES string of the molecule is O=C(O)C1CN(Cc2cc(Cl)cs2)CCO1. The lowest BCUT2D eigenvalue weighted by Gasteiger charge is -2.30. The summed E-state index contributed by atoms with van der Waals surface area (Å²) in [6.45, 7) is 2.41. The molecule has 16 heavy (non-hydrogen) atoms. The van der Waals surface area contributed by atoms with Gasteiger partial charge in [0.15, 0.2) is 6.10 Å². The van der Waals surface area contributed by atoms with Crippen LogP contribution in [0.2, 0.25) is 5.02 Å². The van der Waals surface area contributed by atoms with Gasteiger partial charge in [0, 0.05) is 29.9 Å². The lowest BCUT2D eigenvalue weighted by Crippen LogP contribution is -2.45. The molecule has 1 N–H and O–H groups in total. The van der Waals surface area contributed by atoms with E-state index in [0.29, 0.717) is 13.2 Å². The second kappa shape index (κ2) is 5.14. The van der Waals surface area contributed by atoms with Crippen LogP contribution in [0.4, 0.5) is 0 Å². The van der Waals surface area contributed by atoms with Crippen molar-refractivity contribution in [1.29, 1.82) is 0 Å². The van der Waals surface area contributed by atoms with E-state index in [4.69, 9.17) is 21.4 Å². The van der Waals surface area contributed by atoms with Gasteiger partial charge < -0.3 is 9.84 Å². The zero-order valence-electron chi connectivity index (χ0n) is 8.56. The topological polar surface area (TPSA) is 49.8 Å². The minimum atomic E-state index is -0.895. The van der Waals surface area contributed by atoms with Gasteiger partial charge >= 0.3 is 5.97 Å². The number of hydrogen-bond donors (Lipinski definition) is 1. The summed E-state index contributed by atoms with van der Waals surface area (Å²) in [4.78, 5) is 14.0. The molecule has 0 aromatic carbocycles. The molecular weight excluding hydrogens is 250 g/mol. The number of carboxylic acid groups (broad SMARTS) is 1. The first-order valence-electron chi connectivity index (χ1n) is 4.95. The number of thiophene rings is 1. The van der Waals surface area contributed by atoms with Crippen molar-refractivity contribution in [2.75, 3.05) is 19.7 Å². The predicted octanol–water partition coefficient (Wildman–Crippen LogP) is 1.69. The average Bonchev–Trinajstić information content (AvgIpc) is 2.64. The smallest absolute Gasteiger partial charge is 0.334 e. The third-order valence-corrected chi connectivity index (χ3v) is 3.70. The molecule has 0 spiro atoms. The van der Waals surface area contributed by atoms with Gasteiger partial charge in [-0.2, -0.15) is 0 Å². The molecule has 2 heterocycles. The van der Waals surface area contributed by atoms with E-state index in [1.54, 1.807) is 11.3 Å². The summed E-state index contributed by atoms with van der Waals surface area (Å²) in [5.74, 6) is -0.895. The summed E-state index contributed by atoms with van der Waals surface area (Å²) in [7, 11) is 0. The van der Waals surface area contributed by atoms with E-state index < -0.39 is 12.1 Å². The van der Waals surface area contributed by atoms with Crippen molar-refractivity contribution < 1.29 is 14.6 Å². The van der Waals surface area contributed by atoms with Crippen LogP contribution in [0.3, 0.4) is 0 Å². The Morgan fingerprint density at radius 3 is 3.19 bits per heavy atom. The molecule has 0 aliphatic carbocycles. The summed E-state index contributed by atoms with van der Waals surface area (Å²) in [5, 5.41) is 11.5. The second-order valence-electron chi connectivity index (χ2n) is 3.66. The van der Waals surface area contributed by atoms with E-state index in [2.05, 4.69) is 4.90 Å². The van der Waals surface area contributed by atoms with Gasteiger partial charge in [-0.15, -0.1) is 11.3 Å². The molecule has 1 aromatic rings. The van der Waals surface area contributed by atoms with Gasteiger partial charge in [0.05, 0.1) is 11.6 Å². The number of hydrogen-bond acceptors (Lipinski definition) is 4. The van der Waals surface area contributed by atoms with Crippen molar-refractivity contribution in [1.82, 2.24) is 4.90 Å². The zero-order chi connectivity index (χ0) is 11.5. The molecular formula is C10H12ClNO3S. The summed E-state index contributed by atoms with van der Waals surface area (Å²) in [6, 6.07) is 1.91. The molecule has 4 nitrogen and oxygen atoms in total. The average molecular weight is 262 g/mol. The third kappa shape index (κ3) is 2.95. The standard InChI is InChI=1S/C10H12ClNO3S/c11-7-3-8(16-6-7)4-12-1-2-15-9(5-12)10(13)14/h3,6,9H,1-2,4-5H2,(H,13,14). The zero-order valence-corrected chi connectivity index (χ0v) is 10.1. The van der Waals surface area contributed by atoms with E-state index >= 15 is 0 Å². The van der Waals surface area contributed by atoms with Gasteiger partial charge in [-0.3, -0.25) is 4.90 Å². The monoisotopic (exact) mass is 261 g/mol. The van der Waals surface area contributed by atoms with Crippen LogP contribution < -0.4 is 0 Å². The fraction of sp³-hybridized carbons (Fsp3) is 0.500. The normalized spacial score (nSPS) is 22.2. The summed E-state index contributed by atoms with van der Waals surface area (Å²) in [6.07, 6.45) is -0.704. The molecule has 1 unspecified atom stereocenters. The van der Waals surface area contributed by atoms with Gasteiger partial charge in [0.2, 0.25) is 0 Å². The molecule has 0 bridgehead atoms. The first kappa shape index (κ1) is 11.9. The van der Waals surface area contributed by atoms with Crippen LogP contribution in [-0.2, 0) is 16.1 Å². The molecule has 1 aromatic heterocycles. The van der Waals surface area contributed by atoms with E-state index in [1.807, 2.05) is 11.4 Å². The lowest BCUT2D eigenvalue weighted by atomic mass is 10.2. The highest BCUT2D eigenvalue weighted by Gasteiger charge is 2.26. The molecule has 6 heteroatoms. The number of carboxylic acids is 1. The van der Waals surface area contributed by atoms with E-state index in [9.17, 15) is 4.79 Å². The van der Waals surface area contributed by atoms with E-state index in [0.717, 1.165) is 23.0 Å². The Hall–Kier alpha value is -0.620. The Morgan fingerprint density at radius 2 is 2.56 bits per heavy atom. The maximum atomic E-state index is 10.8. The summed E-state index contributed by atoms with van der Waals surface area (Å²) >= 11 is 7.42. The highest BCUT2D eigenvalue weighted by molar-refractivity contribution is 7.10. The molecule has 1 atom stereocenters. The van der Waals surface area contributed by atoms with Crippen LogP contribution in [0.15, 0.2) is 11.4 Å². The Bertz CT molecular complexity index is 382. The minimum absolute atomic E-state index is 0.435. The van der Waals surface area contributed by atoms with Crippen molar-refractivity contribution in [2.24, 2.45) is 0 Å². The third-order valence-electron chi connectivity index (χ3n) is 2.43. The predicted molar refractivity (Wildman–Crippen MR) is 62.0 cm³/mol. The quantitative estimate of drug-likeness (QED) is 0.900. The van der Waals surface area contributed by atoms with Crippen LogP contribution in [-0.4, -0.2) is 41.8 Å². The molecule has 1 fully saturated rings. The first-order chi connectivity index (χ1) is 7.65. The highest BCUT2D eigenvalue weighted by atomic mass is 35.5. The first-order valence-corrected chi connectivity index (χ1v) is 6.20. The van der Waals surface area contributed by atoms with Crippen LogP contribution in [0.5, 0.6) is 0 Å². The molecule has 1 aliphatic rings. The number of ether oxygens (including phenoxy) is 1. The van der Waals surface area contributed by atoms with Crippen LogP contribution in [0, 0.1) is 0 Å². The Labute approximate surface area is 102 Å². The molecule has 88 valence electrons. The fourth-order valence-electron chi connectivity index (χ4n) is 1.65. The van der Waals surface area contributed by atoms with Crippen molar-refractivity contribution in [3.63, 3.8) is 0 Å². The molecule has 0 radical (unpaired) electrons. The maximum Gasteiger partial charge on any atom is 0.334 e. The number of carbonyl (C=O) groups is 1. The summed E-state index contributed by atoms with van der Waals surface area (Å²) < 4.78 is 5.15. The van der Waals surface area contributed by atoms with E-state index in [-0.39, 0.29) is 0 Å². The van der Waals surface area contributed by atoms with E-state index in [1.165, 1.54) is 0 Å². The van der Waals surface area contributed by atoms with Crippen LogP contribution in [0.25, 0.3) is 0 Å². The summed E-state index contributed by atoms with van der Waals surface area (Å²) in [5.41, 5.74) is 0. The second-order valence-corrected chi connectivity index (χ2v) is 5.10. The molecule has 0 amide bonds. The van der Waals surface area contributed by atoms with Gasteiger partial charge in [0.1, 0.15) is 0 Å². The molecule has 1 aliphatic heterocycles. The van der Waals surface area contributed by atoms with Crippen molar-refractivity contribution >= 4 is 28.9 Å². The van der Waals surface area contributed by atoms with Gasteiger partial charge in [-0.25, -0.2) is 4.79 Å². The number of halogens is 1. The fourth-order valence-corrected chi connectivity index (χ4v) is 2.77. The van der Waals surface area contributed by atoms with Crippen molar-refractivity contribution in [3.05, 3.63) is 21.3 Å². The van der Waals surface area contributed by atoms with Crippen LogP contribution >= 0.6 is 22.9 Å². The largest absolute Gasteiger partial charge is 0.479 e. The number of nitrogens with zero attached hydrogens (tertiary/aromatic N) is 1. The molecule has 2 rings (SSSR count). The van der Waals surface area contributed by atoms with Gasteiger partial charge in [-0.05, 0) is 6.07 Å². The van der Waals surface area contributed by atoms with Crippen molar-refractivity contribution in [2.45, 2.75) is 12.6 Å². The van der Waals surface area contributed by atoms with Crippen LogP contribution in [0.1, 0.15) is 4.88 Å². The Morgan fingerprint density at radius 1 is 1.75 bits per heavy atom. The number of rotatable bonds is 3.